The fourth-order valence-corrected chi connectivity index (χ4v) is 4.78. The maximum Gasteiger partial charge on any atom is 0.00475 e. The van der Waals surface area contributed by atoms with Crippen LogP contribution in [0.1, 0.15) is 64.7 Å². The van der Waals surface area contributed by atoms with Crippen LogP contribution in [0.15, 0.2) is 0 Å². The van der Waals surface area contributed by atoms with Crippen LogP contribution >= 0.6 is 0 Å². The zero-order valence-corrected chi connectivity index (χ0v) is 12.8. The molecule has 3 fully saturated rings. The molecule has 0 aromatic rings. The Morgan fingerprint density at radius 1 is 0.895 bits per heavy atom. The van der Waals surface area contributed by atoms with Crippen LogP contribution in [0.4, 0.5) is 0 Å². The molecule has 0 aromatic carbocycles. The van der Waals surface area contributed by atoms with E-state index in [4.69, 9.17) is 0 Å². The Labute approximate surface area is 119 Å². The molecule has 0 aromatic heterocycles. The molecule has 1 atom stereocenters. The molecular formula is C17H32N2. The number of piperidine rings is 2. The van der Waals surface area contributed by atoms with Gasteiger partial charge >= 0.3 is 0 Å². The maximum absolute atomic E-state index is 3.60. The van der Waals surface area contributed by atoms with Gasteiger partial charge in [0.25, 0.3) is 0 Å². The van der Waals surface area contributed by atoms with E-state index in [9.17, 15) is 0 Å². The first-order chi connectivity index (χ1) is 9.20. The van der Waals surface area contributed by atoms with Crippen LogP contribution in [0.2, 0.25) is 0 Å². The highest BCUT2D eigenvalue weighted by atomic mass is 15.1. The van der Waals surface area contributed by atoms with Gasteiger partial charge in [-0.2, -0.15) is 0 Å². The van der Waals surface area contributed by atoms with Gasteiger partial charge in [0.1, 0.15) is 0 Å². The Morgan fingerprint density at radius 3 is 2.26 bits per heavy atom. The largest absolute Gasteiger partial charge is 0.316 e. The smallest absolute Gasteiger partial charge is 0.00475 e. The fourth-order valence-electron chi connectivity index (χ4n) is 4.78. The topological polar surface area (TPSA) is 15.3 Å². The van der Waals surface area contributed by atoms with Crippen LogP contribution in [-0.2, 0) is 0 Å². The second kappa shape index (κ2) is 5.73. The molecule has 1 unspecified atom stereocenters. The highest BCUT2D eigenvalue weighted by Crippen LogP contribution is 2.45. The van der Waals surface area contributed by atoms with Crippen molar-refractivity contribution >= 4 is 0 Å². The zero-order valence-electron chi connectivity index (χ0n) is 12.8. The van der Waals surface area contributed by atoms with E-state index in [2.05, 4.69) is 17.1 Å². The van der Waals surface area contributed by atoms with Gasteiger partial charge < -0.3 is 10.2 Å². The molecule has 2 heteroatoms. The molecule has 3 aliphatic rings. The monoisotopic (exact) mass is 264 g/mol. The van der Waals surface area contributed by atoms with Crippen LogP contribution in [0, 0.1) is 10.8 Å². The van der Waals surface area contributed by atoms with Crippen molar-refractivity contribution in [3.63, 3.8) is 0 Å². The van der Waals surface area contributed by atoms with Gasteiger partial charge in [-0.1, -0.05) is 26.2 Å². The first kappa shape index (κ1) is 13.9. The average Bonchev–Trinajstić information content (AvgIpc) is 2.43. The normalized spacial score (nSPS) is 36.5. The number of hydrogen-bond acceptors (Lipinski definition) is 2. The predicted octanol–water partition coefficient (Wildman–Crippen LogP) is 3.42. The van der Waals surface area contributed by atoms with E-state index in [0.717, 1.165) is 5.41 Å². The van der Waals surface area contributed by atoms with Crippen molar-refractivity contribution in [2.24, 2.45) is 10.8 Å². The van der Waals surface area contributed by atoms with E-state index in [1.807, 2.05) is 0 Å². The summed E-state index contributed by atoms with van der Waals surface area (Å²) in [6, 6.07) is 0. The lowest BCUT2D eigenvalue weighted by atomic mass is 9.68. The van der Waals surface area contributed by atoms with Gasteiger partial charge in [-0.15, -0.1) is 0 Å². The van der Waals surface area contributed by atoms with Crippen molar-refractivity contribution < 1.29 is 0 Å². The summed E-state index contributed by atoms with van der Waals surface area (Å²) in [5, 5.41) is 3.60. The molecule has 0 amide bonds. The highest BCUT2D eigenvalue weighted by Gasteiger charge is 2.37. The van der Waals surface area contributed by atoms with Gasteiger partial charge in [-0.05, 0) is 69.0 Å². The fraction of sp³-hybridized carbons (Fsp3) is 1.00. The van der Waals surface area contributed by atoms with E-state index in [0.29, 0.717) is 5.41 Å². The van der Waals surface area contributed by atoms with E-state index in [1.165, 1.54) is 90.5 Å². The van der Waals surface area contributed by atoms with E-state index < -0.39 is 0 Å². The molecule has 2 nitrogen and oxygen atoms in total. The van der Waals surface area contributed by atoms with Crippen molar-refractivity contribution in [3.05, 3.63) is 0 Å². The molecule has 1 saturated carbocycles. The third-order valence-corrected chi connectivity index (χ3v) is 6.12. The Balaban J connectivity index is 1.49. The molecule has 0 radical (unpaired) electrons. The molecule has 110 valence electrons. The third-order valence-electron chi connectivity index (χ3n) is 6.12. The van der Waals surface area contributed by atoms with Crippen LogP contribution < -0.4 is 5.32 Å². The van der Waals surface area contributed by atoms with Crippen molar-refractivity contribution in [2.75, 3.05) is 32.7 Å². The molecule has 2 aliphatic heterocycles. The lowest BCUT2D eigenvalue weighted by Crippen LogP contribution is -2.49. The van der Waals surface area contributed by atoms with E-state index in [-0.39, 0.29) is 0 Å². The van der Waals surface area contributed by atoms with Crippen LogP contribution in [-0.4, -0.2) is 37.6 Å². The quantitative estimate of drug-likeness (QED) is 0.822. The molecular weight excluding hydrogens is 232 g/mol. The van der Waals surface area contributed by atoms with Gasteiger partial charge in [0, 0.05) is 13.1 Å². The van der Waals surface area contributed by atoms with E-state index >= 15 is 0 Å². The van der Waals surface area contributed by atoms with Gasteiger partial charge in [0.15, 0.2) is 0 Å². The second-order valence-electron chi connectivity index (χ2n) is 7.93. The Morgan fingerprint density at radius 2 is 1.63 bits per heavy atom. The number of nitrogens with zero attached hydrogens (tertiary/aromatic N) is 1. The first-order valence-electron chi connectivity index (χ1n) is 8.63. The second-order valence-corrected chi connectivity index (χ2v) is 7.93. The van der Waals surface area contributed by atoms with Gasteiger partial charge in [0.05, 0.1) is 0 Å². The molecule has 2 heterocycles. The number of likely N-dealkylation sites (tertiary alicyclic amines) is 1. The predicted molar refractivity (Wildman–Crippen MR) is 81.4 cm³/mol. The van der Waals surface area contributed by atoms with Crippen molar-refractivity contribution in [1.29, 1.82) is 0 Å². The van der Waals surface area contributed by atoms with Crippen molar-refractivity contribution in [3.8, 4) is 0 Å². The summed E-state index contributed by atoms with van der Waals surface area (Å²) in [7, 11) is 0. The highest BCUT2D eigenvalue weighted by molar-refractivity contribution is 4.91. The van der Waals surface area contributed by atoms with Crippen molar-refractivity contribution in [1.82, 2.24) is 10.2 Å². The minimum Gasteiger partial charge on any atom is -0.316 e. The summed E-state index contributed by atoms with van der Waals surface area (Å²) in [5.74, 6) is 0. The SMILES string of the molecule is CC1(CN2CCC3(CCCCC3)CC2)CCCNC1. The molecule has 1 aliphatic carbocycles. The van der Waals surface area contributed by atoms with Gasteiger partial charge in [-0.3, -0.25) is 0 Å². The summed E-state index contributed by atoms with van der Waals surface area (Å²) in [6.45, 7) is 9.03. The molecule has 3 rings (SSSR count). The Hall–Kier alpha value is -0.0800. The lowest BCUT2D eigenvalue weighted by molar-refractivity contribution is 0.0394. The van der Waals surface area contributed by atoms with E-state index in [1.54, 1.807) is 0 Å². The molecule has 0 bridgehead atoms. The number of rotatable bonds is 2. The number of nitrogens with one attached hydrogen (secondary N) is 1. The summed E-state index contributed by atoms with van der Waals surface area (Å²) >= 11 is 0. The summed E-state index contributed by atoms with van der Waals surface area (Å²) in [6.07, 6.45) is 13.3. The van der Waals surface area contributed by atoms with Crippen LogP contribution in [0.3, 0.4) is 0 Å². The minimum absolute atomic E-state index is 0.537. The lowest BCUT2D eigenvalue weighted by Gasteiger charge is -2.47. The summed E-state index contributed by atoms with van der Waals surface area (Å²) in [5.41, 5.74) is 1.30. The zero-order chi connectivity index (χ0) is 13.2. The first-order valence-corrected chi connectivity index (χ1v) is 8.63. The van der Waals surface area contributed by atoms with Crippen LogP contribution in [0.25, 0.3) is 0 Å². The average molecular weight is 264 g/mol. The molecule has 1 N–H and O–H groups in total. The third kappa shape index (κ3) is 3.33. The number of hydrogen-bond donors (Lipinski definition) is 1. The molecule has 1 spiro atoms. The van der Waals surface area contributed by atoms with Crippen molar-refractivity contribution in [2.45, 2.75) is 64.7 Å². The standard InChI is InChI=1S/C17H32N2/c1-16(6-5-11-18-14-16)15-19-12-9-17(10-13-19)7-3-2-4-8-17/h18H,2-15H2,1H3. The molecule has 2 saturated heterocycles. The van der Waals surface area contributed by atoms with Gasteiger partial charge in [-0.25, -0.2) is 0 Å². The van der Waals surface area contributed by atoms with Gasteiger partial charge in [0.2, 0.25) is 0 Å². The Kier molecular flexibility index (Phi) is 4.19. The van der Waals surface area contributed by atoms with Crippen LogP contribution in [0.5, 0.6) is 0 Å². The molecule has 19 heavy (non-hydrogen) atoms. The summed E-state index contributed by atoms with van der Waals surface area (Å²) < 4.78 is 0. The minimum atomic E-state index is 0.537. The maximum atomic E-state index is 3.60. The Bertz CT molecular complexity index is 278. The summed E-state index contributed by atoms with van der Waals surface area (Å²) in [4.78, 5) is 2.77.